The van der Waals surface area contributed by atoms with Crippen LogP contribution in [0.15, 0.2) is 29.8 Å². The highest BCUT2D eigenvalue weighted by Gasteiger charge is 2.68. The molecule has 6 nitrogen and oxygen atoms in total. The quantitative estimate of drug-likeness (QED) is 0.692. The number of aryl methyl sites for hydroxylation is 2. The summed E-state index contributed by atoms with van der Waals surface area (Å²) in [4.78, 5) is 36.0. The van der Waals surface area contributed by atoms with Gasteiger partial charge in [0.05, 0.1) is 23.1 Å². The van der Waals surface area contributed by atoms with E-state index in [4.69, 9.17) is 4.84 Å². The van der Waals surface area contributed by atoms with E-state index in [2.05, 4.69) is 42.7 Å². The fourth-order valence-corrected chi connectivity index (χ4v) is 8.23. The van der Waals surface area contributed by atoms with Gasteiger partial charge in [-0.2, -0.15) is 5.26 Å². The van der Waals surface area contributed by atoms with Crippen LogP contribution < -0.4 is 10.4 Å². The Morgan fingerprint density at radius 2 is 1.88 bits per heavy atom. The highest BCUT2D eigenvalue weighted by molar-refractivity contribution is 7.17. The first kappa shape index (κ1) is 19.5. The van der Waals surface area contributed by atoms with E-state index in [1.165, 1.54) is 26.7 Å². The van der Waals surface area contributed by atoms with Crippen molar-refractivity contribution in [3.8, 4) is 6.07 Å². The van der Waals surface area contributed by atoms with Crippen LogP contribution in [0.25, 0.3) is 5.70 Å². The number of nitrogens with zero attached hydrogens (tertiary/aromatic N) is 2. The molecule has 0 unspecified atom stereocenters. The van der Waals surface area contributed by atoms with Gasteiger partial charge in [-0.25, -0.2) is 4.90 Å². The van der Waals surface area contributed by atoms with Crippen LogP contribution >= 0.6 is 11.3 Å². The topological polar surface area (TPSA) is 82.4 Å². The van der Waals surface area contributed by atoms with Gasteiger partial charge in [-0.05, 0) is 61.6 Å². The third kappa shape index (κ3) is 2.45. The van der Waals surface area contributed by atoms with Crippen molar-refractivity contribution >= 4 is 33.8 Å². The van der Waals surface area contributed by atoms with Gasteiger partial charge in [0.2, 0.25) is 11.8 Å². The number of benzene rings is 1. The van der Waals surface area contributed by atoms with Crippen molar-refractivity contribution in [3.63, 3.8) is 0 Å². The number of rotatable bonds is 2. The van der Waals surface area contributed by atoms with E-state index < -0.39 is 0 Å². The van der Waals surface area contributed by atoms with E-state index in [1.54, 1.807) is 0 Å². The molecule has 2 aromatic rings. The summed E-state index contributed by atoms with van der Waals surface area (Å²) in [5.41, 5.74) is 9.03. The van der Waals surface area contributed by atoms with Crippen LogP contribution in [-0.4, -0.2) is 17.9 Å². The summed E-state index contributed by atoms with van der Waals surface area (Å²) in [6, 6.07) is 10.6. The second-order valence-corrected chi connectivity index (χ2v) is 11.0. The Bertz CT molecular complexity index is 1300. The van der Waals surface area contributed by atoms with Crippen molar-refractivity contribution in [1.82, 2.24) is 5.48 Å². The summed E-state index contributed by atoms with van der Waals surface area (Å²) >= 11 is 1.48. The number of nitriles is 1. The first-order valence-electron chi connectivity index (χ1n) is 11.7. The molecule has 5 atom stereocenters. The zero-order valence-electron chi connectivity index (χ0n) is 18.3. The van der Waals surface area contributed by atoms with Crippen LogP contribution in [0.3, 0.4) is 0 Å². The second-order valence-electron chi connectivity index (χ2n) is 9.91. The molecular formula is C26H23N3O3S. The molecule has 1 saturated heterocycles. The number of hydrogen-bond acceptors (Lipinski definition) is 6. The molecule has 166 valence electrons. The average Bonchev–Trinajstić information content (AvgIpc) is 3.60. The maximum absolute atomic E-state index is 13.8. The lowest BCUT2D eigenvalue weighted by molar-refractivity contribution is -0.124. The molecule has 2 bridgehead atoms. The van der Waals surface area contributed by atoms with Gasteiger partial charge in [0.25, 0.3) is 0 Å². The van der Waals surface area contributed by atoms with Crippen molar-refractivity contribution in [2.75, 3.05) is 4.90 Å². The van der Waals surface area contributed by atoms with Gasteiger partial charge in [-0.3, -0.25) is 19.9 Å². The number of carbonyl (C=O) groups excluding carboxylic acids is 2. The molecule has 3 fully saturated rings. The molecule has 5 aliphatic rings. The zero-order chi connectivity index (χ0) is 22.4. The number of nitrogens with one attached hydrogen (secondary N) is 1. The standard InChI is InChI=1S/C26H23N3O3S/c1-12-6-8-13(9-7-12)22-21-15-10-16(23(21)32-28-22)20-19(15)24(30)29(25(20)31)26-17(11-27)14-4-2-3-5-18(14)33-26/h6-9,15-16,19-20,23,28H,2-5,10H2,1H3/t15-,16+,19-,20+,23-/m1/s1. The van der Waals surface area contributed by atoms with Gasteiger partial charge >= 0.3 is 0 Å². The predicted molar refractivity (Wildman–Crippen MR) is 123 cm³/mol. The van der Waals surface area contributed by atoms with Gasteiger partial charge in [0, 0.05) is 10.8 Å². The third-order valence-corrected chi connectivity index (χ3v) is 9.58. The van der Waals surface area contributed by atoms with E-state index in [-0.39, 0.29) is 41.6 Å². The molecule has 2 saturated carbocycles. The third-order valence-electron chi connectivity index (χ3n) is 8.30. The van der Waals surface area contributed by atoms with Crippen molar-refractivity contribution in [1.29, 1.82) is 5.26 Å². The minimum absolute atomic E-state index is 0.00197. The summed E-state index contributed by atoms with van der Waals surface area (Å²) in [7, 11) is 0. The number of amides is 2. The first-order chi connectivity index (χ1) is 16.1. The molecule has 2 aliphatic heterocycles. The summed E-state index contributed by atoms with van der Waals surface area (Å²) in [6.07, 6.45) is 4.57. The molecule has 2 amide bonds. The lowest BCUT2D eigenvalue weighted by Gasteiger charge is -2.26. The number of hydrogen-bond donors (Lipinski definition) is 1. The van der Waals surface area contributed by atoms with Crippen LogP contribution in [0.1, 0.15) is 46.4 Å². The average molecular weight is 458 g/mol. The molecule has 3 heterocycles. The van der Waals surface area contributed by atoms with Gasteiger partial charge in [0.15, 0.2) is 0 Å². The highest BCUT2D eigenvalue weighted by Crippen LogP contribution is 2.62. The predicted octanol–water partition coefficient (Wildman–Crippen LogP) is 3.88. The largest absolute Gasteiger partial charge is 0.274 e. The van der Waals surface area contributed by atoms with Crippen LogP contribution in [0.4, 0.5) is 5.00 Å². The monoisotopic (exact) mass is 457 g/mol. The Labute approximate surface area is 195 Å². The second kappa shape index (κ2) is 6.78. The molecular weight excluding hydrogens is 434 g/mol. The molecule has 0 spiro atoms. The Kier molecular flexibility index (Phi) is 4.01. The van der Waals surface area contributed by atoms with E-state index in [0.717, 1.165) is 54.5 Å². The van der Waals surface area contributed by atoms with Crippen LogP contribution in [0, 0.1) is 41.9 Å². The van der Waals surface area contributed by atoms with Crippen molar-refractivity contribution < 1.29 is 14.4 Å². The normalized spacial score (nSPS) is 31.5. The number of fused-ring (bicyclic) bond motifs is 9. The van der Waals surface area contributed by atoms with Crippen molar-refractivity contribution in [2.45, 2.75) is 45.1 Å². The molecule has 1 aromatic carbocycles. The summed E-state index contributed by atoms with van der Waals surface area (Å²) in [5.74, 6) is -0.998. The number of thiophene rings is 1. The van der Waals surface area contributed by atoms with Crippen LogP contribution in [-0.2, 0) is 27.3 Å². The zero-order valence-corrected chi connectivity index (χ0v) is 19.1. The van der Waals surface area contributed by atoms with Gasteiger partial charge < -0.3 is 0 Å². The minimum Gasteiger partial charge on any atom is -0.274 e. The van der Waals surface area contributed by atoms with Crippen molar-refractivity contribution in [3.05, 3.63) is 57.0 Å². The SMILES string of the molecule is Cc1ccc(C2=C3[C@@H]4C[C@@H]([C@@H]5C(=O)N(c6sc7c(c6C#N)CCCC7)C(=O)[C@@H]54)[C@H]3ON2)cc1. The summed E-state index contributed by atoms with van der Waals surface area (Å²) in [5, 5.41) is 10.5. The molecule has 7 rings (SSSR count). The van der Waals surface area contributed by atoms with E-state index in [9.17, 15) is 14.9 Å². The number of anilines is 1. The number of imide groups is 1. The van der Waals surface area contributed by atoms with E-state index in [1.807, 2.05) is 0 Å². The lowest BCUT2D eigenvalue weighted by Crippen LogP contribution is -2.35. The van der Waals surface area contributed by atoms with E-state index in [0.29, 0.717) is 10.6 Å². The summed E-state index contributed by atoms with van der Waals surface area (Å²) in [6.45, 7) is 2.06. The molecule has 1 N–H and O–H groups in total. The molecule has 0 radical (unpaired) electrons. The minimum atomic E-state index is -0.360. The Hall–Kier alpha value is -2.95. The maximum Gasteiger partial charge on any atom is 0.239 e. The Morgan fingerprint density at radius 1 is 1.12 bits per heavy atom. The summed E-state index contributed by atoms with van der Waals surface area (Å²) < 4.78 is 0. The number of carbonyl (C=O) groups is 2. The van der Waals surface area contributed by atoms with Crippen LogP contribution in [0.2, 0.25) is 0 Å². The van der Waals surface area contributed by atoms with Crippen LogP contribution in [0.5, 0.6) is 0 Å². The molecule has 7 heteroatoms. The lowest BCUT2D eigenvalue weighted by atomic mass is 9.76. The Balaban J connectivity index is 1.30. The van der Waals surface area contributed by atoms with Gasteiger partial charge in [-0.15, -0.1) is 11.3 Å². The number of hydroxylamine groups is 1. The van der Waals surface area contributed by atoms with Gasteiger partial charge in [-0.1, -0.05) is 29.8 Å². The smallest absolute Gasteiger partial charge is 0.239 e. The van der Waals surface area contributed by atoms with Gasteiger partial charge in [0.1, 0.15) is 17.2 Å². The first-order valence-corrected chi connectivity index (χ1v) is 12.6. The Morgan fingerprint density at radius 3 is 2.67 bits per heavy atom. The van der Waals surface area contributed by atoms with E-state index >= 15 is 0 Å². The molecule has 33 heavy (non-hydrogen) atoms. The fraction of sp³-hybridized carbons (Fsp3) is 0.423. The van der Waals surface area contributed by atoms with Crippen molar-refractivity contribution in [2.24, 2.45) is 23.7 Å². The molecule has 3 aliphatic carbocycles. The maximum atomic E-state index is 13.8. The molecule has 1 aromatic heterocycles. The highest BCUT2D eigenvalue weighted by atomic mass is 32.1. The fourth-order valence-electron chi connectivity index (χ4n) is 6.88.